The molecule has 0 aliphatic rings. The molecule has 0 radical (unpaired) electrons. The lowest BCUT2D eigenvalue weighted by atomic mass is 9.94. The van der Waals surface area contributed by atoms with Gasteiger partial charge < -0.3 is 0 Å². The van der Waals surface area contributed by atoms with Crippen LogP contribution in [0, 0.1) is 0 Å². The number of imidazole rings is 3. The molecule has 27 aromatic rings. The molecular formula is C135H90N14. The molecule has 0 fully saturated rings. The molecule has 149 heavy (non-hydrogen) atoms. The SMILES string of the molecule is [2H]c1c([2H])c([2H])c(-c2cc(-c3ccc(-c4nc5ccccn5c4-c4ccccc4)cc3)cc(-c3nc(-c4ccccc4)c4ccccc4n3)c2)c([2H])c1[2H].c1ccc(-c2cc(-c3ccc(-c4nc5ccccn5c4-c4ccccc4)cc3)cc(-c3nc(-c4ccccc4)c4ccccc4n3)c2)cc1.c1ccc(-c2nc(-c3ccccc3)nc(-c3cccc(-c4cccc(-c5ccc(-c6nc7ccccn7c6-c6ccccc6)cc5)n4)c3)n2)cc1. The van der Waals surface area contributed by atoms with Crippen molar-refractivity contribution in [2.75, 3.05) is 0 Å². The van der Waals surface area contributed by atoms with E-state index < -0.39 is 18.1 Å². The molecule has 0 N–H and O–H groups in total. The van der Waals surface area contributed by atoms with Gasteiger partial charge in [0.2, 0.25) is 0 Å². The molecule has 700 valence electrons. The van der Waals surface area contributed by atoms with Crippen molar-refractivity contribution >= 4 is 38.7 Å². The van der Waals surface area contributed by atoms with Crippen LogP contribution >= 0.6 is 0 Å². The van der Waals surface area contributed by atoms with E-state index in [0.717, 1.165) is 207 Å². The Labute approximate surface area is 868 Å². The Bertz CT molecular complexity index is 9780. The zero-order valence-electron chi connectivity index (χ0n) is 85.3. The summed E-state index contributed by atoms with van der Waals surface area (Å²) >= 11 is 0. The monoisotopic (exact) mass is 1910 g/mol. The zero-order valence-corrected chi connectivity index (χ0v) is 80.3. The molecule has 0 aliphatic heterocycles. The van der Waals surface area contributed by atoms with Gasteiger partial charge in [-0.1, -0.05) is 425 Å². The molecule has 0 unspecified atom stereocenters. The quantitative estimate of drug-likeness (QED) is 0.0759. The van der Waals surface area contributed by atoms with Crippen molar-refractivity contribution in [3.05, 3.63) is 546 Å². The fourth-order valence-corrected chi connectivity index (χ4v) is 19.4. The van der Waals surface area contributed by atoms with E-state index in [9.17, 15) is 0 Å². The van der Waals surface area contributed by atoms with Crippen molar-refractivity contribution < 1.29 is 6.85 Å². The molecule has 10 aromatic heterocycles. The first kappa shape index (κ1) is 84.3. The van der Waals surface area contributed by atoms with Crippen molar-refractivity contribution in [1.29, 1.82) is 0 Å². The standard InChI is InChI=1S/C45H30N6.2C45H30N4/c1-4-14-33(15-5-1)42-41(47-40-24-10-11-29-51(40)42)32-27-25-31(26-28-32)38-22-13-23-39(46-38)36-20-12-21-37(30-36)45-49-43(34-16-6-2-7-17-34)48-44(50-45)35-18-8-3-9-19-35;2*1-4-14-31(15-5-1)36-28-37(30-38(29-36)45-46-40-21-11-10-20-39(40)42(48-45)33-16-6-2-7-17-33)32-23-25-34(26-24-32)43-44(35-18-8-3-9-19-35)49-27-13-12-22-41(49)47-43/h1-30H;2*1-30H/i;1D,4D,5D,14D,15D;. The van der Waals surface area contributed by atoms with Crippen LogP contribution in [0.4, 0.5) is 0 Å². The molecule has 27 rings (SSSR count). The maximum Gasteiger partial charge on any atom is 0.164 e. The summed E-state index contributed by atoms with van der Waals surface area (Å²) in [5.41, 5.74) is 35.2. The number of aromatic nitrogens is 14. The lowest BCUT2D eigenvalue weighted by Crippen LogP contribution is -2.00. The third kappa shape index (κ3) is 18.7. The van der Waals surface area contributed by atoms with Gasteiger partial charge in [0.25, 0.3) is 0 Å². The number of rotatable bonds is 19. The van der Waals surface area contributed by atoms with E-state index in [1.54, 1.807) is 0 Å². The molecule has 10 heterocycles. The van der Waals surface area contributed by atoms with E-state index in [0.29, 0.717) is 40.2 Å². The molecular weight excluding hydrogens is 1820 g/mol. The lowest BCUT2D eigenvalue weighted by Gasteiger charge is -2.13. The van der Waals surface area contributed by atoms with Gasteiger partial charge in [-0.3, -0.25) is 13.2 Å². The predicted molar refractivity (Wildman–Crippen MR) is 606 cm³/mol. The van der Waals surface area contributed by atoms with E-state index in [2.05, 4.69) is 244 Å². The van der Waals surface area contributed by atoms with Crippen molar-refractivity contribution in [3.8, 4) is 214 Å². The second-order valence-electron chi connectivity index (χ2n) is 36.1. The second kappa shape index (κ2) is 40.6. The largest absolute Gasteiger partial charge is 0.299 e. The Kier molecular flexibility index (Phi) is 23.0. The van der Waals surface area contributed by atoms with E-state index in [1.165, 1.54) is 0 Å². The number of para-hydroxylation sites is 2. The minimum absolute atomic E-state index is 0.113. The van der Waals surface area contributed by atoms with Crippen molar-refractivity contribution in [2.24, 2.45) is 0 Å². The summed E-state index contributed by atoms with van der Waals surface area (Å²) < 4.78 is 49.1. The highest BCUT2D eigenvalue weighted by atomic mass is 15.1. The third-order valence-corrected chi connectivity index (χ3v) is 26.6. The Balaban J connectivity index is 0.000000119. The predicted octanol–water partition coefficient (Wildman–Crippen LogP) is 33.1. The summed E-state index contributed by atoms with van der Waals surface area (Å²) in [4.78, 5) is 55.3. The molecule has 0 saturated carbocycles. The summed E-state index contributed by atoms with van der Waals surface area (Å²) in [6.45, 7) is 0. The Morgan fingerprint density at radius 2 is 0.409 bits per heavy atom. The maximum atomic E-state index is 8.82. The van der Waals surface area contributed by atoms with Gasteiger partial charge in [0.15, 0.2) is 29.1 Å². The van der Waals surface area contributed by atoms with Crippen LogP contribution in [0.2, 0.25) is 0 Å². The third-order valence-electron chi connectivity index (χ3n) is 26.6. The highest BCUT2D eigenvalue weighted by Crippen LogP contribution is 2.44. The average molecular weight is 1910 g/mol. The van der Waals surface area contributed by atoms with E-state index in [1.807, 2.05) is 285 Å². The first-order valence-electron chi connectivity index (χ1n) is 51.8. The summed E-state index contributed by atoms with van der Waals surface area (Å²) in [6, 6.07) is 167. The smallest absolute Gasteiger partial charge is 0.164 e. The highest BCUT2D eigenvalue weighted by molar-refractivity contribution is 5.97. The minimum Gasteiger partial charge on any atom is -0.299 e. The van der Waals surface area contributed by atoms with Crippen LogP contribution in [-0.4, -0.2) is 68.0 Å². The van der Waals surface area contributed by atoms with E-state index in [-0.39, 0.29) is 17.6 Å². The van der Waals surface area contributed by atoms with Gasteiger partial charge in [0, 0.05) is 113 Å². The molecule has 17 aromatic carbocycles. The molecule has 0 bridgehead atoms. The van der Waals surface area contributed by atoms with Crippen LogP contribution in [0.5, 0.6) is 0 Å². The Morgan fingerprint density at radius 3 is 0.799 bits per heavy atom. The molecule has 0 saturated heterocycles. The summed E-state index contributed by atoms with van der Waals surface area (Å²) in [5.74, 6) is 3.03. The lowest BCUT2D eigenvalue weighted by molar-refractivity contribution is 1.07. The van der Waals surface area contributed by atoms with Crippen LogP contribution in [0.1, 0.15) is 6.85 Å². The van der Waals surface area contributed by atoms with E-state index >= 15 is 0 Å². The van der Waals surface area contributed by atoms with Crippen LogP contribution in [0.25, 0.3) is 253 Å². The van der Waals surface area contributed by atoms with Crippen molar-refractivity contribution in [3.63, 3.8) is 0 Å². The van der Waals surface area contributed by atoms with Crippen molar-refractivity contribution in [2.45, 2.75) is 0 Å². The highest BCUT2D eigenvalue weighted by Gasteiger charge is 2.25. The fourth-order valence-electron chi connectivity index (χ4n) is 19.4. The van der Waals surface area contributed by atoms with Crippen LogP contribution in [0.3, 0.4) is 0 Å². The van der Waals surface area contributed by atoms with Gasteiger partial charge in [-0.15, -0.1) is 0 Å². The second-order valence-corrected chi connectivity index (χ2v) is 36.1. The van der Waals surface area contributed by atoms with Crippen LogP contribution < -0.4 is 0 Å². The molecule has 14 nitrogen and oxygen atoms in total. The average Bonchev–Trinajstić information content (AvgIpc) is 1.69. The zero-order chi connectivity index (χ0) is 103. The molecule has 0 atom stereocenters. The van der Waals surface area contributed by atoms with Crippen LogP contribution in [0.15, 0.2) is 546 Å². The Hall–Kier alpha value is -20.4. The molecule has 0 amide bonds. The summed E-state index contributed by atoms with van der Waals surface area (Å²) in [5, 5.41) is 1.95. The van der Waals surface area contributed by atoms with Crippen molar-refractivity contribution in [1.82, 2.24) is 68.0 Å². The number of benzene rings is 17. The topological polar surface area (TPSA) is 155 Å². The summed E-state index contributed by atoms with van der Waals surface area (Å²) in [6.07, 6.45) is 6.17. The number of hydrogen-bond acceptors (Lipinski definition) is 11. The van der Waals surface area contributed by atoms with Gasteiger partial charge in [0.1, 0.15) is 16.9 Å². The first-order valence-corrected chi connectivity index (χ1v) is 49.3. The number of pyridine rings is 4. The van der Waals surface area contributed by atoms with Gasteiger partial charge >= 0.3 is 0 Å². The van der Waals surface area contributed by atoms with Gasteiger partial charge in [-0.05, 0) is 148 Å². The number of hydrogen-bond donors (Lipinski definition) is 0. The molecule has 14 heteroatoms. The Morgan fingerprint density at radius 1 is 0.148 bits per heavy atom. The van der Waals surface area contributed by atoms with Gasteiger partial charge in [-0.25, -0.2) is 54.8 Å². The number of fused-ring (bicyclic) bond motifs is 5. The fraction of sp³-hybridized carbons (Fsp3) is 0. The first-order chi connectivity index (χ1) is 75.9. The normalized spacial score (nSPS) is 11.7. The van der Waals surface area contributed by atoms with Gasteiger partial charge in [0.05, 0.1) is 74.8 Å². The van der Waals surface area contributed by atoms with Crippen LogP contribution in [-0.2, 0) is 0 Å². The summed E-state index contributed by atoms with van der Waals surface area (Å²) in [7, 11) is 0. The van der Waals surface area contributed by atoms with E-state index in [4.69, 9.17) is 61.7 Å². The molecule has 0 aliphatic carbocycles. The van der Waals surface area contributed by atoms with Gasteiger partial charge in [-0.2, -0.15) is 0 Å². The maximum absolute atomic E-state index is 8.82. The molecule has 0 spiro atoms. The minimum atomic E-state index is -0.437. The number of nitrogens with zero attached hydrogens (tertiary/aromatic N) is 14.